The minimum atomic E-state index is -0.518. The summed E-state index contributed by atoms with van der Waals surface area (Å²) in [5, 5.41) is 13.8. The van der Waals surface area contributed by atoms with Crippen LogP contribution in [0.15, 0.2) is 16.5 Å². The van der Waals surface area contributed by atoms with Crippen molar-refractivity contribution in [1.82, 2.24) is 5.32 Å². The third-order valence-electron chi connectivity index (χ3n) is 3.14. The molecule has 1 heterocycles. The van der Waals surface area contributed by atoms with Gasteiger partial charge in [0.05, 0.1) is 12.6 Å². The van der Waals surface area contributed by atoms with Gasteiger partial charge in [0.2, 0.25) is 0 Å². The average Bonchev–Trinajstić information content (AvgIpc) is 2.95. The molecule has 1 aromatic heterocycles. The Labute approximate surface area is 94.0 Å². The van der Waals surface area contributed by atoms with Gasteiger partial charge in [-0.15, -0.1) is 0 Å². The van der Waals surface area contributed by atoms with Crippen LogP contribution in [0, 0.1) is 16.0 Å². The van der Waals surface area contributed by atoms with Gasteiger partial charge < -0.3 is 9.73 Å². The monoisotopic (exact) mass is 224 g/mol. The van der Waals surface area contributed by atoms with Crippen molar-refractivity contribution in [1.29, 1.82) is 0 Å². The summed E-state index contributed by atoms with van der Waals surface area (Å²) in [6, 6.07) is 3.04. The molecule has 1 fully saturated rings. The summed E-state index contributed by atoms with van der Waals surface area (Å²) >= 11 is 0. The lowest BCUT2D eigenvalue weighted by Crippen LogP contribution is -2.40. The van der Waals surface area contributed by atoms with Crippen molar-refractivity contribution in [3.63, 3.8) is 0 Å². The topological polar surface area (TPSA) is 68.3 Å². The number of nitrogens with one attached hydrogen (secondary N) is 1. The number of furan rings is 1. The van der Waals surface area contributed by atoms with Crippen molar-refractivity contribution >= 4 is 5.88 Å². The molecule has 1 saturated carbocycles. The Morgan fingerprint density at radius 2 is 2.25 bits per heavy atom. The van der Waals surface area contributed by atoms with E-state index in [1.54, 1.807) is 6.07 Å². The molecule has 5 heteroatoms. The van der Waals surface area contributed by atoms with Crippen LogP contribution in [0.3, 0.4) is 0 Å². The smallest absolute Gasteiger partial charge is 0.404 e. The van der Waals surface area contributed by atoms with Crippen LogP contribution in [-0.4, -0.2) is 10.5 Å². The molecule has 0 aliphatic heterocycles. The standard InChI is InChI=1S/C11H16N2O3/c1-11(2,8-3-4-8)12-7-9-5-6-10(16-9)13(14)15/h5-6,8,12H,3-4,7H2,1-2H3. The largest absolute Gasteiger partial charge is 0.433 e. The molecule has 1 aliphatic carbocycles. The maximum atomic E-state index is 10.4. The molecule has 0 aromatic carbocycles. The van der Waals surface area contributed by atoms with E-state index in [-0.39, 0.29) is 11.4 Å². The van der Waals surface area contributed by atoms with Gasteiger partial charge >= 0.3 is 5.88 Å². The second-order valence-electron chi connectivity index (χ2n) is 4.85. The molecule has 88 valence electrons. The lowest BCUT2D eigenvalue weighted by atomic mass is 9.99. The third kappa shape index (κ3) is 2.41. The van der Waals surface area contributed by atoms with Crippen LogP contribution >= 0.6 is 0 Å². The van der Waals surface area contributed by atoms with E-state index in [1.165, 1.54) is 18.9 Å². The molecule has 0 unspecified atom stereocenters. The van der Waals surface area contributed by atoms with E-state index in [0.29, 0.717) is 12.3 Å². The van der Waals surface area contributed by atoms with Crippen molar-refractivity contribution in [2.24, 2.45) is 5.92 Å². The second kappa shape index (κ2) is 3.90. The van der Waals surface area contributed by atoms with Crippen molar-refractivity contribution in [2.45, 2.75) is 38.8 Å². The summed E-state index contributed by atoms with van der Waals surface area (Å²) in [6.07, 6.45) is 2.52. The van der Waals surface area contributed by atoms with E-state index in [4.69, 9.17) is 4.42 Å². The summed E-state index contributed by atoms with van der Waals surface area (Å²) in [7, 11) is 0. The molecule has 2 rings (SSSR count). The Hall–Kier alpha value is -1.36. The van der Waals surface area contributed by atoms with Gasteiger partial charge in [0.1, 0.15) is 10.7 Å². The normalized spacial score (nSPS) is 16.4. The Bertz CT molecular complexity index is 394. The lowest BCUT2D eigenvalue weighted by molar-refractivity contribution is -0.402. The highest BCUT2D eigenvalue weighted by Crippen LogP contribution is 2.39. The number of nitrogens with zero attached hydrogens (tertiary/aromatic N) is 1. The SMILES string of the molecule is CC(C)(NCc1ccc([N+](=O)[O-])o1)C1CC1. The number of nitro groups is 1. The van der Waals surface area contributed by atoms with Crippen LogP contribution < -0.4 is 5.32 Å². The number of hydrogen-bond acceptors (Lipinski definition) is 4. The lowest BCUT2D eigenvalue weighted by Gasteiger charge is -2.25. The van der Waals surface area contributed by atoms with Gasteiger partial charge in [0, 0.05) is 5.54 Å². The van der Waals surface area contributed by atoms with E-state index in [9.17, 15) is 10.1 Å². The summed E-state index contributed by atoms with van der Waals surface area (Å²) in [6.45, 7) is 4.85. The average molecular weight is 224 g/mol. The van der Waals surface area contributed by atoms with Gasteiger partial charge in [-0.05, 0) is 38.7 Å². The highest BCUT2D eigenvalue weighted by molar-refractivity contribution is 5.17. The molecule has 0 saturated heterocycles. The summed E-state index contributed by atoms with van der Waals surface area (Å²) < 4.78 is 5.08. The molecule has 0 bridgehead atoms. The van der Waals surface area contributed by atoms with E-state index >= 15 is 0 Å². The zero-order chi connectivity index (χ0) is 11.8. The van der Waals surface area contributed by atoms with Crippen molar-refractivity contribution in [3.05, 3.63) is 28.0 Å². The van der Waals surface area contributed by atoms with Gasteiger partial charge in [0.25, 0.3) is 0 Å². The Kier molecular flexibility index (Phi) is 2.71. The van der Waals surface area contributed by atoms with Crippen molar-refractivity contribution in [2.75, 3.05) is 0 Å². The fourth-order valence-electron chi connectivity index (χ4n) is 1.82. The molecule has 5 nitrogen and oxygen atoms in total. The maximum Gasteiger partial charge on any atom is 0.433 e. The van der Waals surface area contributed by atoms with Gasteiger partial charge in [0.15, 0.2) is 0 Å². The van der Waals surface area contributed by atoms with Gasteiger partial charge in [-0.25, -0.2) is 0 Å². The predicted molar refractivity (Wildman–Crippen MR) is 59.0 cm³/mol. The zero-order valence-corrected chi connectivity index (χ0v) is 9.53. The van der Waals surface area contributed by atoms with Crippen molar-refractivity contribution in [3.8, 4) is 0 Å². The molecule has 0 spiro atoms. The highest BCUT2D eigenvalue weighted by atomic mass is 16.6. The van der Waals surface area contributed by atoms with Gasteiger partial charge in [-0.2, -0.15) is 0 Å². The Balaban J connectivity index is 1.91. The third-order valence-corrected chi connectivity index (χ3v) is 3.14. The summed E-state index contributed by atoms with van der Waals surface area (Å²) in [5.74, 6) is 1.14. The second-order valence-corrected chi connectivity index (χ2v) is 4.85. The van der Waals surface area contributed by atoms with E-state index in [0.717, 1.165) is 5.92 Å². The van der Waals surface area contributed by atoms with Crippen LogP contribution in [0.4, 0.5) is 5.88 Å². The first-order valence-electron chi connectivity index (χ1n) is 5.47. The first-order chi connectivity index (χ1) is 7.49. The quantitative estimate of drug-likeness (QED) is 0.616. The fraction of sp³-hybridized carbons (Fsp3) is 0.636. The minimum Gasteiger partial charge on any atom is -0.404 e. The van der Waals surface area contributed by atoms with Crippen LogP contribution in [-0.2, 0) is 6.54 Å². The van der Waals surface area contributed by atoms with E-state index < -0.39 is 4.92 Å². The molecular weight excluding hydrogens is 208 g/mol. The maximum absolute atomic E-state index is 10.4. The summed E-state index contributed by atoms with van der Waals surface area (Å²) in [5.41, 5.74) is 0.0849. The van der Waals surface area contributed by atoms with Crippen LogP contribution in [0.2, 0.25) is 0 Å². The zero-order valence-electron chi connectivity index (χ0n) is 9.53. The minimum absolute atomic E-state index is 0.0849. The highest BCUT2D eigenvalue weighted by Gasteiger charge is 2.37. The molecule has 1 N–H and O–H groups in total. The Morgan fingerprint density at radius 1 is 1.56 bits per heavy atom. The predicted octanol–water partition coefficient (Wildman–Crippen LogP) is 2.47. The molecule has 0 radical (unpaired) electrons. The molecule has 0 atom stereocenters. The van der Waals surface area contributed by atoms with Gasteiger partial charge in [-0.1, -0.05) is 0 Å². The van der Waals surface area contributed by atoms with E-state index in [1.807, 2.05) is 0 Å². The van der Waals surface area contributed by atoms with Crippen LogP contribution in [0.5, 0.6) is 0 Å². The molecule has 1 aliphatic rings. The first-order valence-corrected chi connectivity index (χ1v) is 5.47. The first kappa shape index (κ1) is 11.1. The van der Waals surface area contributed by atoms with Crippen molar-refractivity contribution < 1.29 is 9.34 Å². The van der Waals surface area contributed by atoms with Crippen LogP contribution in [0.1, 0.15) is 32.4 Å². The van der Waals surface area contributed by atoms with E-state index in [2.05, 4.69) is 19.2 Å². The van der Waals surface area contributed by atoms with Crippen LogP contribution in [0.25, 0.3) is 0 Å². The summed E-state index contributed by atoms with van der Waals surface area (Å²) in [4.78, 5) is 9.91. The Morgan fingerprint density at radius 3 is 2.75 bits per heavy atom. The fourth-order valence-corrected chi connectivity index (χ4v) is 1.82. The molecular formula is C11H16N2O3. The number of hydrogen-bond donors (Lipinski definition) is 1. The molecule has 1 aromatic rings. The molecule has 0 amide bonds. The van der Waals surface area contributed by atoms with Gasteiger partial charge in [-0.3, -0.25) is 10.1 Å². The number of rotatable bonds is 5. The molecule has 16 heavy (non-hydrogen) atoms.